The molecule has 0 N–H and O–H groups in total. The second kappa shape index (κ2) is 5.06. The van der Waals surface area contributed by atoms with E-state index in [2.05, 4.69) is 37.1 Å². The Bertz CT molecular complexity index is 314. The standard InChI is InChI=1S/C12H16ClN/c1-4-10(2)14(3)9-11-5-7-12(13)8-6-11/h4-8H,9H2,1-3H3/b10-4+. The van der Waals surface area contributed by atoms with Gasteiger partial charge >= 0.3 is 0 Å². The molecule has 0 aliphatic carbocycles. The van der Waals surface area contributed by atoms with Crippen LogP contribution in [-0.2, 0) is 6.54 Å². The average Bonchev–Trinajstić information content (AvgIpc) is 2.20. The van der Waals surface area contributed by atoms with Crippen LogP contribution in [0.4, 0.5) is 0 Å². The van der Waals surface area contributed by atoms with E-state index in [0.29, 0.717) is 0 Å². The minimum absolute atomic E-state index is 0.791. The van der Waals surface area contributed by atoms with Crippen LogP contribution in [0, 0.1) is 0 Å². The number of halogens is 1. The highest BCUT2D eigenvalue weighted by Gasteiger charge is 1.99. The SMILES string of the molecule is C/C=C(\C)N(C)Cc1ccc(Cl)cc1. The molecule has 0 saturated carbocycles. The van der Waals surface area contributed by atoms with Gasteiger partial charge in [-0.1, -0.05) is 29.8 Å². The number of nitrogens with zero attached hydrogens (tertiary/aromatic N) is 1. The molecule has 14 heavy (non-hydrogen) atoms. The quantitative estimate of drug-likeness (QED) is 0.734. The maximum absolute atomic E-state index is 5.81. The largest absolute Gasteiger partial charge is 0.374 e. The summed E-state index contributed by atoms with van der Waals surface area (Å²) in [5.41, 5.74) is 2.55. The molecule has 0 aliphatic heterocycles. The van der Waals surface area contributed by atoms with Crippen LogP contribution in [0.25, 0.3) is 0 Å². The van der Waals surface area contributed by atoms with Gasteiger partial charge in [0.15, 0.2) is 0 Å². The van der Waals surface area contributed by atoms with Crippen molar-refractivity contribution in [3.63, 3.8) is 0 Å². The minimum Gasteiger partial charge on any atom is -0.374 e. The zero-order valence-corrected chi connectivity index (χ0v) is 9.67. The molecule has 0 fully saturated rings. The maximum Gasteiger partial charge on any atom is 0.0423 e. The van der Waals surface area contributed by atoms with Crippen molar-refractivity contribution in [3.05, 3.63) is 46.6 Å². The van der Waals surface area contributed by atoms with Gasteiger partial charge in [-0.05, 0) is 31.5 Å². The lowest BCUT2D eigenvalue weighted by atomic mass is 10.2. The van der Waals surface area contributed by atoms with E-state index in [1.165, 1.54) is 11.3 Å². The summed E-state index contributed by atoms with van der Waals surface area (Å²) in [6, 6.07) is 7.97. The normalized spacial score (nSPS) is 11.6. The van der Waals surface area contributed by atoms with Crippen molar-refractivity contribution in [1.29, 1.82) is 0 Å². The number of benzene rings is 1. The van der Waals surface area contributed by atoms with Crippen LogP contribution in [-0.4, -0.2) is 11.9 Å². The molecule has 1 nitrogen and oxygen atoms in total. The van der Waals surface area contributed by atoms with Gasteiger partial charge in [-0.15, -0.1) is 0 Å². The summed E-state index contributed by atoms with van der Waals surface area (Å²) in [6.07, 6.45) is 2.11. The van der Waals surface area contributed by atoms with Gasteiger partial charge in [0, 0.05) is 24.3 Å². The minimum atomic E-state index is 0.791. The molecule has 76 valence electrons. The third-order valence-corrected chi connectivity index (χ3v) is 2.60. The molecule has 2 heteroatoms. The van der Waals surface area contributed by atoms with E-state index in [0.717, 1.165) is 11.6 Å². The predicted molar refractivity (Wildman–Crippen MR) is 62.4 cm³/mol. The van der Waals surface area contributed by atoms with Gasteiger partial charge in [-0.2, -0.15) is 0 Å². The molecule has 1 aromatic rings. The van der Waals surface area contributed by atoms with Crippen molar-refractivity contribution >= 4 is 11.6 Å². The number of hydrogen-bond acceptors (Lipinski definition) is 1. The zero-order valence-electron chi connectivity index (χ0n) is 8.92. The van der Waals surface area contributed by atoms with Gasteiger partial charge in [-0.3, -0.25) is 0 Å². The molecule has 0 unspecified atom stereocenters. The third kappa shape index (κ3) is 3.08. The summed E-state index contributed by atoms with van der Waals surface area (Å²) in [5, 5.41) is 0.791. The molecule has 0 heterocycles. The Labute approximate surface area is 91.0 Å². The first-order valence-electron chi connectivity index (χ1n) is 4.72. The third-order valence-electron chi connectivity index (χ3n) is 2.35. The Morgan fingerprint density at radius 1 is 1.36 bits per heavy atom. The molecule has 0 saturated heterocycles. The fraction of sp³-hybridized carbons (Fsp3) is 0.333. The summed E-state index contributed by atoms with van der Waals surface area (Å²) in [6.45, 7) is 5.08. The van der Waals surface area contributed by atoms with Crippen molar-refractivity contribution in [2.75, 3.05) is 7.05 Å². The van der Waals surface area contributed by atoms with Crippen LogP contribution < -0.4 is 0 Å². The van der Waals surface area contributed by atoms with E-state index in [1.54, 1.807) is 0 Å². The molecule has 0 spiro atoms. The second-order valence-corrected chi connectivity index (χ2v) is 3.85. The number of hydrogen-bond donors (Lipinski definition) is 0. The van der Waals surface area contributed by atoms with Gasteiger partial charge in [0.2, 0.25) is 0 Å². The number of allylic oxidation sites excluding steroid dienone is 2. The first-order valence-corrected chi connectivity index (χ1v) is 5.09. The topological polar surface area (TPSA) is 3.24 Å². The van der Waals surface area contributed by atoms with Gasteiger partial charge in [0.05, 0.1) is 0 Å². The van der Waals surface area contributed by atoms with Crippen molar-refractivity contribution in [2.45, 2.75) is 20.4 Å². The highest BCUT2D eigenvalue weighted by Crippen LogP contribution is 2.12. The van der Waals surface area contributed by atoms with Gasteiger partial charge < -0.3 is 4.90 Å². The van der Waals surface area contributed by atoms with Crippen molar-refractivity contribution in [2.24, 2.45) is 0 Å². The molecule has 1 aromatic carbocycles. The molecular weight excluding hydrogens is 194 g/mol. The summed E-state index contributed by atoms with van der Waals surface area (Å²) in [7, 11) is 2.09. The van der Waals surface area contributed by atoms with E-state index in [4.69, 9.17) is 11.6 Å². The van der Waals surface area contributed by atoms with E-state index >= 15 is 0 Å². The summed E-state index contributed by atoms with van der Waals surface area (Å²) in [4.78, 5) is 2.21. The Balaban J connectivity index is 2.65. The van der Waals surface area contributed by atoms with Crippen LogP contribution in [0.1, 0.15) is 19.4 Å². The molecule has 1 rings (SSSR count). The Morgan fingerprint density at radius 3 is 2.43 bits per heavy atom. The van der Waals surface area contributed by atoms with Crippen molar-refractivity contribution in [3.8, 4) is 0 Å². The van der Waals surface area contributed by atoms with Crippen LogP contribution in [0.15, 0.2) is 36.0 Å². The first kappa shape index (κ1) is 11.1. The monoisotopic (exact) mass is 209 g/mol. The zero-order chi connectivity index (χ0) is 10.6. The van der Waals surface area contributed by atoms with Crippen molar-refractivity contribution in [1.82, 2.24) is 4.90 Å². The predicted octanol–water partition coefficient (Wildman–Crippen LogP) is 3.70. The number of rotatable bonds is 3. The van der Waals surface area contributed by atoms with Gasteiger partial charge in [0.1, 0.15) is 0 Å². The van der Waals surface area contributed by atoms with E-state index in [9.17, 15) is 0 Å². The Hall–Kier alpha value is -0.950. The molecule has 0 aliphatic rings. The average molecular weight is 210 g/mol. The summed E-state index contributed by atoms with van der Waals surface area (Å²) < 4.78 is 0. The van der Waals surface area contributed by atoms with E-state index in [-0.39, 0.29) is 0 Å². The van der Waals surface area contributed by atoms with Crippen LogP contribution in [0.2, 0.25) is 5.02 Å². The molecule has 0 radical (unpaired) electrons. The Kier molecular flexibility index (Phi) is 4.02. The molecule has 0 atom stereocenters. The molecule has 0 bridgehead atoms. The van der Waals surface area contributed by atoms with Crippen LogP contribution >= 0.6 is 11.6 Å². The first-order chi connectivity index (χ1) is 6.63. The summed E-state index contributed by atoms with van der Waals surface area (Å²) in [5.74, 6) is 0. The van der Waals surface area contributed by atoms with Gasteiger partial charge in [-0.25, -0.2) is 0 Å². The van der Waals surface area contributed by atoms with Crippen LogP contribution in [0.5, 0.6) is 0 Å². The second-order valence-electron chi connectivity index (χ2n) is 3.41. The van der Waals surface area contributed by atoms with Crippen LogP contribution in [0.3, 0.4) is 0 Å². The van der Waals surface area contributed by atoms with Gasteiger partial charge in [0.25, 0.3) is 0 Å². The smallest absolute Gasteiger partial charge is 0.0423 e. The lowest BCUT2D eigenvalue weighted by molar-refractivity contribution is 0.411. The summed E-state index contributed by atoms with van der Waals surface area (Å²) >= 11 is 5.81. The van der Waals surface area contributed by atoms with Crippen molar-refractivity contribution < 1.29 is 0 Å². The molecule has 0 amide bonds. The molecular formula is C12H16ClN. The fourth-order valence-electron chi connectivity index (χ4n) is 1.21. The molecule has 0 aromatic heterocycles. The highest BCUT2D eigenvalue weighted by atomic mass is 35.5. The lowest BCUT2D eigenvalue weighted by Gasteiger charge is -2.19. The van der Waals surface area contributed by atoms with E-state index < -0.39 is 0 Å². The highest BCUT2D eigenvalue weighted by molar-refractivity contribution is 6.30. The Morgan fingerprint density at radius 2 is 1.93 bits per heavy atom. The fourth-order valence-corrected chi connectivity index (χ4v) is 1.33. The maximum atomic E-state index is 5.81. The van der Waals surface area contributed by atoms with E-state index in [1.807, 2.05) is 19.1 Å². The lowest BCUT2D eigenvalue weighted by Crippen LogP contribution is -2.14.